The third-order valence-corrected chi connectivity index (χ3v) is 26.2. The Kier molecular flexibility index (Phi) is 58.5. The van der Waals surface area contributed by atoms with Crippen molar-refractivity contribution in [3.8, 4) is 16.9 Å². The maximum Gasteiger partial charge on any atom is 0.410 e. The second-order valence-corrected chi connectivity index (χ2v) is 37.3. The van der Waals surface area contributed by atoms with Gasteiger partial charge in [0.05, 0.1) is 208 Å². The van der Waals surface area contributed by atoms with Crippen LogP contribution in [0.25, 0.3) is 11.1 Å². The zero-order chi connectivity index (χ0) is 106. The number of alkyl carbamates (subject to hydrolysis) is 1. The second kappa shape index (κ2) is 69.1. The summed E-state index contributed by atoms with van der Waals surface area (Å²) in [5.41, 5.74) is 4.75. The van der Waals surface area contributed by atoms with E-state index in [1.165, 1.54) is 39.5 Å². The largest absolute Gasteiger partial charge is 0.467 e. The van der Waals surface area contributed by atoms with Gasteiger partial charge in [0.2, 0.25) is 35.8 Å². The number of hydrogen-bond acceptors (Lipinski definition) is 33. The molecule has 0 aromatic heterocycles. The van der Waals surface area contributed by atoms with E-state index in [1.807, 2.05) is 113 Å². The number of fused-ring (bicyclic) bond motifs is 3. The van der Waals surface area contributed by atoms with Crippen LogP contribution in [0.5, 0.6) is 5.75 Å². The van der Waals surface area contributed by atoms with E-state index in [0.29, 0.717) is 176 Å². The van der Waals surface area contributed by atoms with Crippen LogP contribution >= 0.6 is 0 Å². The second-order valence-electron chi connectivity index (χ2n) is 37.3. The summed E-state index contributed by atoms with van der Waals surface area (Å²) in [6.45, 7) is 24.1. The number of nitrogens with zero attached hydrogens (tertiary/aromatic N) is 3. The van der Waals surface area contributed by atoms with Crippen LogP contribution in [-0.4, -0.2) is 382 Å². The van der Waals surface area contributed by atoms with E-state index in [2.05, 4.69) is 21.3 Å². The molecule has 0 spiro atoms. The number of rotatable bonds is 76. The standard InChI is InChI=1S/C106H163N7O33/c1-15-72(6)94(89(129-12)67-92(118)113-40-25-33-85(113)99(130-13)74(8)86(114)64-73(7)95(119)76-26-17-16-18-27-76)111(9)102(124)81(70(2)3)66-87(115)93(71(4)5)112(10)106(127)144-68-75-34-35-88(145-104-98(122)96(120)97(121)100(146-104)103(125)131-14)84(65-75)109-91(117)36-39-108-101(123)83(110-105(126)143-69-82-79-30-21-19-28-77(79)78-29-20-22-31-80(78)82)32-23-24-38-107-90(116)37-41-132-44-45-134-48-49-136-52-53-138-56-57-140-60-61-142-63-62-141-59-58-139-55-54-137-51-50-135-47-46-133-43-42-128-11/h16-22,26-31,34-35,65,70-74,81-83,85,89,93-100,104,119-122H,15,23-25,32-33,36-64,66-69H2,1-14H3,(H,107,116)(H,108,123)(H,109,117)(H,110,126)/t72-,73-,74-,81-,83-,85-,89+,93-,94-,95+,96-,97-,98+,99+,100-,104+/m0/s1. The third-order valence-electron chi connectivity index (χ3n) is 26.2. The molecule has 1 aliphatic carbocycles. The van der Waals surface area contributed by atoms with E-state index in [4.69, 9.17) is 90.0 Å². The number of carbonyl (C=O) groups excluding carboxylic acids is 10. The van der Waals surface area contributed by atoms with Crippen LogP contribution in [0.4, 0.5) is 15.3 Å². The quantitative estimate of drug-likeness (QED) is 0.0118. The minimum atomic E-state index is -2.00. The summed E-state index contributed by atoms with van der Waals surface area (Å²) in [7, 11) is 8.71. The fourth-order valence-electron chi connectivity index (χ4n) is 17.9. The highest BCUT2D eigenvalue weighted by Gasteiger charge is 2.50. The lowest BCUT2D eigenvalue weighted by atomic mass is 9.83. The van der Waals surface area contributed by atoms with Crippen LogP contribution in [0, 0.1) is 35.5 Å². The van der Waals surface area contributed by atoms with Gasteiger partial charge in [-0.05, 0) is 101 Å². The minimum Gasteiger partial charge on any atom is -0.467 e. The van der Waals surface area contributed by atoms with Gasteiger partial charge in [0.15, 0.2) is 11.9 Å². The zero-order valence-corrected chi connectivity index (χ0v) is 87.8. The molecule has 7 amide bonds. The van der Waals surface area contributed by atoms with Gasteiger partial charge in [0, 0.05) is 98.5 Å². The van der Waals surface area contributed by atoms with Crippen molar-refractivity contribution in [1.29, 1.82) is 0 Å². The van der Waals surface area contributed by atoms with Crippen LogP contribution in [0.2, 0.25) is 0 Å². The van der Waals surface area contributed by atoms with E-state index >= 15 is 4.79 Å². The minimum absolute atomic E-state index is 0.0555. The van der Waals surface area contributed by atoms with Crippen molar-refractivity contribution in [2.45, 2.75) is 212 Å². The topological polar surface area (TPSA) is 485 Å². The summed E-state index contributed by atoms with van der Waals surface area (Å²) in [4.78, 5) is 146. The molecule has 2 fully saturated rings. The molecule has 7 rings (SSSR count). The van der Waals surface area contributed by atoms with Crippen molar-refractivity contribution in [1.82, 2.24) is 30.7 Å². The Morgan fingerprint density at radius 1 is 0.534 bits per heavy atom. The molecule has 16 atom stereocenters. The maximum absolute atomic E-state index is 15.2. The molecule has 2 saturated heterocycles. The van der Waals surface area contributed by atoms with Crippen LogP contribution in [0.1, 0.15) is 160 Å². The summed E-state index contributed by atoms with van der Waals surface area (Å²) >= 11 is 0. The summed E-state index contributed by atoms with van der Waals surface area (Å²) in [6, 6.07) is 25.5. The Hall–Kier alpha value is -9.38. The van der Waals surface area contributed by atoms with Gasteiger partial charge in [-0.3, -0.25) is 33.6 Å². The van der Waals surface area contributed by atoms with Gasteiger partial charge in [-0.2, -0.15) is 0 Å². The van der Waals surface area contributed by atoms with Crippen LogP contribution < -0.4 is 26.0 Å². The Labute approximate surface area is 859 Å². The van der Waals surface area contributed by atoms with Crippen LogP contribution in [-0.2, 0) is 130 Å². The van der Waals surface area contributed by atoms with Crippen molar-refractivity contribution in [2.24, 2.45) is 35.5 Å². The number of aliphatic hydroxyl groups excluding tert-OH is 4. The van der Waals surface area contributed by atoms with E-state index in [1.54, 1.807) is 44.7 Å². The first-order valence-electron chi connectivity index (χ1n) is 51.1. The summed E-state index contributed by atoms with van der Waals surface area (Å²) in [5.74, 6) is -7.50. The fraction of sp³-hybridized carbons (Fsp3) is 0.679. The zero-order valence-electron chi connectivity index (χ0n) is 87.8. The number of methoxy groups -OCH3 is 4. The van der Waals surface area contributed by atoms with Crippen molar-refractivity contribution >= 4 is 64.9 Å². The molecule has 8 N–H and O–H groups in total. The summed E-state index contributed by atoms with van der Waals surface area (Å²) in [6.07, 6.45) is -11.8. The number of ketones is 2. The van der Waals surface area contributed by atoms with Crippen LogP contribution in [0.15, 0.2) is 97.1 Å². The number of nitrogens with one attached hydrogen (secondary N) is 4. The lowest BCUT2D eigenvalue weighted by molar-refractivity contribution is -0.271. The molecule has 0 unspecified atom stereocenters. The normalized spacial score (nSPS) is 18.2. The molecule has 0 saturated carbocycles. The molecule has 40 nitrogen and oxygen atoms in total. The number of carbonyl (C=O) groups is 10. The summed E-state index contributed by atoms with van der Waals surface area (Å²) < 4.78 is 106. The van der Waals surface area contributed by atoms with E-state index < -0.39 is 146 Å². The number of esters is 1. The number of likely N-dealkylation sites (tertiary alicyclic amines) is 1. The third kappa shape index (κ3) is 41.5. The molecule has 146 heavy (non-hydrogen) atoms. The predicted molar refractivity (Wildman–Crippen MR) is 537 cm³/mol. The molecule has 0 radical (unpaired) electrons. The van der Waals surface area contributed by atoms with Gasteiger partial charge >= 0.3 is 18.2 Å². The van der Waals surface area contributed by atoms with Crippen molar-refractivity contribution in [2.75, 3.05) is 226 Å². The predicted octanol–water partition coefficient (Wildman–Crippen LogP) is 7.98. The molecular weight excluding hydrogens is 1900 g/mol. The number of anilines is 1. The number of amides is 7. The Bertz CT molecular complexity index is 4440. The highest BCUT2D eigenvalue weighted by Crippen LogP contribution is 2.45. The van der Waals surface area contributed by atoms with Gasteiger partial charge in [-0.25, -0.2) is 14.4 Å². The highest BCUT2D eigenvalue weighted by molar-refractivity contribution is 5.94. The number of benzene rings is 4. The lowest BCUT2D eigenvalue weighted by Gasteiger charge is -2.41. The average Bonchev–Trinajstić information content (AvgIpc) is 1.62. The van der Waals surface area contributed by atoms with E-state index in [0.717, 1.165) is 34.3 Å². The number of Topliss-reactive ketones (excluding diaryl/α,β-unsaturated/α-hetero) is 2. The average molecular weight is 2060 g/mol. The lowest BCUT2D eigenvalue weighted by Crippen LogP contribution is -2.61. The summed E-state index contributed by atoms with van der Waals surface area (Å²) in [5, 5.41) is 54.9. The SMILES string of the molecule is CC[C@H](C)[C@@H]([C@@H](CC(=O)N1CCC[C@H]1[C@H](OC)[C@@H](C)C(=O)C[C@H](C)[C@@H](O)c1ccccc1)OC)N(C)C(=O)[C@@H](CC(=O)[C@H](C(C)C)N(C)C(=O)OCc1ccc(O[C@@H]2O[C@H](C(=O)OC)[C@@H](O)[C@H](O)[C@H]2O)c(NC(=O)CCNC(=O)[C@H](CCCCNC(=O)CCOCCOCCOCCOCCOCCOCCOCCOCCOCCOCCOCCOC)NC(=O)OCC2c3ccccc3-c3ccccc32)c1)C(C)C. The molecule has 3 aliphatic rings. The van der Waals surface area contributed by atoms with Crippen LogP contribution in [0.3, 0.4) is 0 Å². The van der Waals surface area contributed by atoms with Gasteiger partial charge in [0.25, 0.3) is 0 Å². The maximum atomic E-state index is 15.2. The van der Waals surface area contributed by atoms with Crippen molar-refractivity contribution in [3.05, 3.63) is 119 Å². The number of aliphatic hydroxyl groups is 4. The van der Waals surface area contributed by atoms with Gasteiger partial charge in [0.1, 0.15) is 49.1 Å². The van der Waals surface area contributed by atoms with Crippen molar-refractivity contribution in [3.63, 3.8) is 0 Å². The Morgan fingerprint density at radius 3 is 1.58 bits per heavy atom. The molecule has 2 heterocycles. The molecule has 4 aromatic rings. The van der Waals surface area contributed by atoms with E-state index in [9.17, 15) is 63.6 Å². The Balaban J connectivity index is 0.877. The first-order valence-corrected chi connectivity index (χ1v) is 51.1. The van der Waals surface area contributed by atoms with Gasteiger partial charge in [-0.15, -0.1) is 0 Å². The molecule has 4 aromatic carbocycles. The molecule has 820 valence electrons. The molecule has 2 aliphatic heterocycles. The highest BCUT2D eigenvalue weighted by atomic mass is 16.7. The number of likely N-dealkylation sites (N-methyl/N-ethyl adjacent to an activating group) is 2. The number of ether oxygens (including phenoxy) is 19. The monoisotopic (exact) mass is 2060 g/mol. The number of hydrogen-bond donors (Lipinski definition) is 8. The molecule has 0 bridgehead atoms. The van der Waals surface area contributed by atoms with E-state index in [-0.39, 0.29) is 130 Å². The van der Waals surface area contributed by atoms with Gasteiger partial charge in [-0.1, -0.05) is 147 Å². The molecule has 40 heteroatoms. The molecular formula is C106H163N7O33. The first kappa shape index (κ1) is 124. The first-order chi connectivity index (χ1) is 70.4. The van der Waals surface area contributed by atoms with Crippen molar-refractivity contribution < 1.29 is 158 Å². The van der Waals surface area contributed by atoms with Gasteiger partial charge < -0.3 is 146 Å². The fourth-order valence-corrected chi connectivity index (χ4v) is 17.9. The number of unbranched alkanes of at least 4 members (excludes halogenated alkanes) is 1. The smallest absolute Gasteiger partial charge is 0.410 e. The Morgan fingerprint density at radius 2 is 1.07 bits per heavy atom.